The maximum atomic E-state index is 5.69. The van der Waals surface area contributed by atoms with Crippen LogP contribution in [0.2, 0.25) is 0 Å². The minimum Gasteiger partial charge on any atom is -0.378 e. The average Bonchev–Trinajstić information content (AvgIpc) is 3.05. The minimum absolute atomic E-state index is 0.391. The Kier molecular flexibility index (Phi) is 5.86. The van der Waals surface area contributed by atoms with Crippen LogP contribution in [0.25, 0.3) is 0 Å². The summed E-state index contributed by atoms with van der Waals surface area (Å²) in [5.74, 6) is 0. The van der Waals surface area contributed by atoms with E-state index in [0.717, 1.165) is 26.0 Å². The Bertz CT molecular complexity index is 358. The van der Waals surface area contributed by atoms with Crippen molar-refractivity contribution < 1.29 is 4.74 Å². The van der Waals surface area contributed by atoms with Crippen LogP contribution >= 0.6 is 0 Å². The summed E-state index contributed by atoms with van der Waals surface area (Å²) >= 11 is 0. The number of ether oxygens (including phenoxy) is 1. The molecular formula is C15H27N3O. The third kappa shape index (κ3) is 4.62. The largest absolute Gasteiger partial charge is 0.378 e. The first-order valence-electron chi connectivity index (χ1n) is 7.62. The Morgan fingerprint density at radius 1 is 1.58 bits per heavy atom. The standard InChI is InChI=1S/C15H27N3O/c1-3-9-16-14(15-11-18(2)12-17-15)8-4-6-13-7-5-10-19-13/h11-14,16H,3-10H2,1-2H3. The number of aryl methyl sites for hydroxylation is 1. The van der Waals surface area contributed by atoms with Gasteiger partial charge in [-0.2, -0.15) is 0 Å². The summed E-state index contributed by atoms with van der Waals surface area (Å²) in [6.07, 6.45) is 11.7. The predicted molar refractivity (Wildman–Crippen MR) is 77.1 cm³/mol. The second kappa shape index (κ2) is 7.65. The summed E-state index contributed by atoms with van der Waals surface area (Å²) in [5, 5.41) is 3.61. The van der Waals surface area contributed by atoms with Gasteiger partial charge in [0.15, 0.2) is 0 Å². The third-order valence-corrected chi connectivity index (χ3v) is 3.77. The van der Waals surface area contributed by atoms with Crippen molar-refractivity contribution in [3.63, 3.8) is 0 Å². The van der Waals surface area contributed by atoms with Gasteiger partial charge in [0.25, 0.3) is 0 Å². The number of rotatable bonds is 8. The van der Waals surface area contributed by atoms with Gasteiger partial charge < -0.3 is 14.6 Å². The van der Waals surface area contributed by atoms with Gasteiger partial charge >= 0.3 is 0 Å². The molecular weight excluding hydrogens is 238 g/mol. The lowest BCUT2D eigenvalue weighted by Crippen LogP contribution is -2.23. The lowest BCUT2D eigenvalue weighted by molar-refractivity contribution is 0.101. The Morgan fingerprint density at radius 2 is 2.47 bits per heavy atom. The van der Waals surface area contributed by atoms with Gasteiger partial charge in [0.2, 0.25) is 0 Å². The Balaban J connectivity index is 1.79. The zero-order valence-corrected chi connectivity index (χ0v) is 12.3. The first-order valence-corrected chi connectivity index (χ1v) is 7.62. The van der Waals surface area contributed by atoms with Crippen LogP contribution in [-0.4, -0.2) is 28.8 Å². The molecule has 1 aromatic rings. The predicted octanol–water partition coefficient (Wildman–Crippen LogP) is 2.81. The average molecular weight is 265 g/mol. The molecule has 0 aromatic carbocycles. The molecule has 0 radical (unpaired) electrons. The van der Waals surface area contributed by atoms with Gasteiger partial charge in [0, 0.05) is 19.9 Å². The Morgan fingerprint density at radius 3 is 3.11 bits per heavy atom. The van der Waals surface area contributed by atoms with E-state index in [1.807, 2.05) is 17.9 Å². The van der Waals surface area contributed by atoms with E-state index >= 15 is 0 Å². The Hall–Kier alpha value is -0.870. The zero-order valence-electron chi connectivity index (χ0n) is 12.3. The van der Waals surface area contributed by atoms with Gasteiger partial charge in [-0.3, -0.25) is 0 Å². The molecule has 0 spiro atoms. The van der Waals surface area contributed by atoms with Crippen molar-refractivity contribution in [2.24, 2.45) is 7.05 Å². The summed E-state index contributed by atoms with van der Waals surface area (Å²) in [4.78, 5) is 4.49. The van der Waals surface area contributed by atoms with Crippen molar-refractivity contribution in [3.05, 3.63) is 18.2 Å². The van der Waals surface area contributed by atoms with E-state index in [1.54, 1.807) is 0 Å². The molecule has 108 valence electrons. The number of hydrogen-bond donors (Lipinski definition) is 1. The van der Waals surface area contributed by atoms with E-state index in [4.69, 9.17) is 4.74 Å². The van der Waals surface area contributed by atoms with Gasteiger partial charge in [0.1, 0.15) is 0 Å². The first kappa shape index (κ1) is 14.5. The van der Waals surface area contributed by atoms with E-state index in [-0.39, 0.29) is 0 Å². The van der Waals surface area contributed by atoms with Crippen LogP contribution in [0.5, 0.6) is 0 Å². The lowest BCUT2D eigenvalue weighted by atomic mass is 10.0. The van der Waals surface area contributed by atoms with Gasteiger partial charge in [0.05, 0.1) is 24.2 Å². The normalized spacial score (nSPS) is 20.8. The second-order valence-electron chi connectivity index (χ2n) is 5.54. The molecule has 1 saturated heterocycles. The topological polar surface area (TPSA) is 39.1 Å². The quantitative estimate of drug-likeness (QED) is 0.785. The molecule has 1 fully saturated rings. The fourth-order valence-electron chi connectivity index (χ4n) is 2.71. The van der Waals surface area contributed by atoms with Crippen molar-refractivity contribution in [2.75, 3.05) is 13.2 Å². The van der Waals surface area contributed by atoms with Gasteiger partial charge in [-0.25, -0.2) is 4.98 Å². The van der Waals surface area contributed by atoms with Crippen LogP contribution in [0.3, 0.4) is 0 Å². The molecule has 0 amide bonds. The number of nitrogens with one attached hydrogen (secondary N) is 1. The van der Waals surface area contributed by atoms with Crippen molar-refractivity contribution in [3.8, 4) is 0 Å². The summed E-state index contributed by atoms with van der Waals surface area (Å²) < 4.78 is 7.71. The number of hydrogen-bond acceptors (Lipinski definition) is 3. The smallest absolute Gasteiger partial charge is 0.0947 e. The van der Waals surface area contributed by atoms with E-state index in [2.05, 4.69) is 23.4 Å². The molecule has 0 aliphatic carbocycles. The molecule has 2 unspecified atom stereocenters. The van der Waals surface area contributed by atoms with E-state index in [1.165, 1.54) is 31.4 Å². The van der Waals surface area contributed by atoms with Crippen LogP contribution < -0.4 is 5.32 Å². The van der Waals surface area contributed by atoms with Gasteiger partial charge in [-0.05, 0) is 45.1 Å². The fraction of sp³-hybridized carbons (Fsp3) is 0.800. The maximum absolute atomic E-state index is 5.69. The fourth-order valence-corrected chi connectivity index (χ4v) is 2.71. The summed E-state index contributed by atoms with van der Waals surface area (Å²) in [6, 6.07) is 0.391. The monoisotopic (exact) mass is 265 g/mol. The van der Waals surface area contributed by atoms with Crippen LogP contribution in [0.15, 0.2) is 12.5 Å². The lowest BCUT2D eigenvalue weighted by Gasteiger charge is -2.17. The molecule has 0 bridgehead atoms. The molecule has 1 aliphatic rings. The molecule has 4 heteroatoms. The second-order valence-corrected chi connectivity index (χ2v) is 5.54. The highest BCUT2D eigenvalue weighted by Crippen LogP contribution is 2.22. The van der Waals surface area contributed by atoms with Crippen molar-refractivity contribution >= 4 is 0 Å². The first-order chi connectivity index (χ1) is 9.29. The van der Waals surface area contributed by atoms with E-state index in [0.29, 0.717) is 12.1 Å². The molecule has 19 heavy (non-hydrogen) atoms. The molecule has 1 aliphatic heterocycles. The summed E-state index contributed by atoms with van der Waals surface area (Å²) in [6.45, 7) is 4.22. The molecule has 2 rings (SSSR count). The number of nitrogens with zero attached hydrogens (tertiary/aromatic N) is 2. The number of imidazole rings is 1. The zero-order chi connectivity index (χ0) is 13.5. The maximum Gasteiger partial charge on any atom is 0.0947 e. The van der Waals surface area contributed by atoms with Gasteiger partial charge in [-0.1, -0.05) is 6.92 Å². The summed E-state index contributed by atoms with van der Waals surface area (Å²) in [7, 11) is 2.03. The van der Waals surface area contributed by atoms with Crippen molar-refractivity contribution in [1.82, 2.24) is 14.9 Å². The molecule has 0 saturated carbocycles. The van der Waals surface area contributed by atoms with Crippen LogP contribution in [0, 0.1) is 0 Å². The van der Waals surface area contributed by atoms with Crippen molar-refractivity contribution in [1.29, 1.82) is 0 Å². The van der Waals surface area contributed by atoms with Crippen LogP contribution in [0.4, 0.5) is 0 Å². The molecule has 1 aromatic heterocycles. The van der Waals surface area contributed by atoms with E-state index in [9.17, 15) is 0 Å². The van der Waals surface area contributed by atoms with Crippen LogP contribution in [0.1, 0.15) is 57.2 Å². The van der Waals surface area contributed by atoms with Crippen LogP contribution in [-0.2, 0) is 11.8 Å². The highest BCUT2D eigenvalue weighted by Gasteiger charge is 2.17. The third-order valence-electron chi connectivity index (χ3n) is 3.77. The number of aromatic nitrogens is 2. The van der Waals surface area contributed by atoms with Gasteiger partial charge in [-0.15, -0.1) is 0 Å². The van der Waals surface area contributed by atoms with Crippen molar-refractivity contribution in [2.45, 2.75) is 57.6 Å². The van der Waals surface area contributed by atoms with E-state index < -0.39 is 0 Å². The molecule has 4 nitrogen and oxygen atoms in total. The molecule has 1 N–H and O–H groups in total. The molecule has 2 heterocycles. The Labute approximate surface area is 116 Å². The summed E-state index contributed by atoms with van der Waals surface area (Å²) in [5.41, 5.74) is 1.17. The molecule has 2 atom stereocenters. The SMILES string of the molecule is CCCNC(CCCC1CCCO1)c1cn(C)cn1. The minimum atomic E-state index is 0.391. The highest BCUT2D eigenvalue weighted by atomic mass is 16.5. The highest BCUT2D eigenvalue weighted by molar-refractivity contribution is 5.03.